The number of aromatic nitrogens is 2. The monoisotopic (exact) mass is 312 g/mol. The number of fused-ring (bicyclic) bond motifs is 1. The minimum Gasteiger partial charge on any atom is -0.463 e. The van der Waals surface area contributed by atoms with Crippen LogP contribution in [0.5, 0.6) is 5.75 Å². The lowest BCUT2D eigenvalue weighted by atomic mass is 10.0. The standard InChI is InChI=1S/C16H16N4O3/c1-8(21)23-14-7-9(2-4-12(14)17)15-11-6-10(16(18)22)3-5-13(11)19-20-15/h2-8,21H,17H2,1H3,(H2,18,22)(H,19,20). The molecule has 0 radical (unpaired) electrons. The van der Waals surface area contributed by atoms with Gasteiger partial charge in [0.25, 0.3) is 0 Å². The number of primary amides is 1. The number of nitrogen functional groups attached to an aromatic ring is 1. The number of H-pyrrole nitrogens is 1. The number of nitrogens with zero attached hydrogens (tertiary/aromatic N) is 1. The fourth-order valence-corrected chi connectivity index (χ4v) is 2.35. The predicted molar refractivity (Wildman–Crippen MR) is 86.8 cm³/mol. The topological polar surface area (TPSA) is 127 Å². The zero-order chi connectivity index (χ0) is 16.6. The molecule has 23 heavy (non-hydrogen) atoms. The van der Waals surface area contributed by atoms with Gasteiger partial charge < -0.3 is 21.3 Å². The lowest BCUT2D eigenvalue weighted by Crippen LogP contribution is -2.11. The minimum absolute atomic E-state index is 0.361. The first kappa shape index (κ1) is 14.9. The number of aliphatic hydroxyl groups is 1. The van der Waals surface area contributed by atoms with Crippen molar-refractivity contribution in [2.45, 2.75) is 13.2 Å². The van der Waals surface area contributed by atoms with E-state index in [1.807, 2.05) is 0 Å². The Morgan fingerprint density at radius 1 is 1.30 bits per heavy atom. The van der Waals surface area contributed by atoms with Gasteiger partial charge in [-0.15, -0.1) is 0 Å². The van der Waals surface area contributed by atoms with Gasteiger partial charge in [-0.05, 0) is 37.3 Å². The van der Waals surface area contributed by atoms with Gasteiger partial charge in [0.15, 0.2) is 6.29 Å². The number of aliphatic hydroxyl groups excluding tert-OH is 1. The van der Waals surface area contributed by atoms with Gasteiger partial charge in [0.1, 0.15) is 11.4 Å². The second-order valence-corrected chi connectivity index (χ2v) is 5.17. The Morgan fingerprint density at radius 2 is 2.09 bits per heavy atom. The highest BCUT2D eigenvalue weighted by molar-refractivity contribution is 6.01. The van der Waals surface area contributed by atoms with Crippen molar-refractivity contribution in [3.63, 3.8) is 0 Å². The van der Waals surface area contributed by atoms with Crippen LogP contribution < -0.4 is 16.2 Å². The number of amides is 1. The Balaban J connectivity index is 2.13. The summed E-state index contributed by atoms with van der Waals surface area (Å²) in [5, 5.41) is 17.3. The number of rotatable bonds is 4. The zero-order valence-corrected chi connectivity index (χ0v) is 12.4. The van der Waals surface area contributed by atoms with Crippen molar-refractivity contribution in [2.24, 2.45) is 5.73 Å². The molecule has 0 aliphatic rings. The third-order valence-electron chi connectivity index (χ3n) is 3.43. The summed E-state index contributed by atoms with van der Waals surface area (Å²) in [5.41, 5.74) is 14.1. The number of carbonyl (C=O) groups is 1. The molecule has 1 amide bonds. The van der Waals surface area contributed by atoms with Gasteiger partial charge in [-0.3, -0.25) is 9.89 Å². The van der Waals surface area contributed by atoms with Gasteiger partial charge in [0.05, 0.1) is 11.2 Å². The second kappa shape index (κ2) is 5.62. The van der Waals surface area contributed by atoms with Gasteiger partial charge in [-0.2, -0.15) is 5.10 Å². The molecule has 118 valence electrons. The summed E-state index contributed by atoms with van der Waals surface area (Å²) in [7, 11) is 0. The maximum Gasteiger partial charge on any atom is 0.248 e. The molecule has 1 unspecified atom stereocenters. The molecule has 3 aromatic rings. The van der Waals surface area contributed by atoms with Gasteiger partial charge in [-0.25, -0.2) is 0 Å². The van der Waals surface area contributed by atoms with Gasteiger partial charge in [0.2, 0.25) is 5.91 Å². The van der Waals surface area contributed by atoms with E-state index in [1.54, 1.807) is 36.4 Å². The van der Waals surface area contributed by atoms with E-state index in [1.165, 1.54) is 6.92 Å². The van der Waals surface area contributed by atoms with Crippen LogP contribution in [0, 0.1) is 0 Å². The number of hydrogen-bond acceptors (Lipinski definition) is 5. The average molecular weight is 312 g/mol. The van der Waals surface area contributed by atoms with Crippen LogP contribution in [0.4, 0.5) is 5.69 Å². The number of ether oxygens (including phenoxy) is 1. The lowest BCUT2D eigenvalue weighted by Gasteiger charge is -2.12. The molecule has 0 bridgehead atoms. The Bertz CT molecular complexity index is 886. The molecule has 0 fully saturated rings. The summed E-state index contributed by atoms with van der Waals surface area (Å²) in [5.74, 6) is -0.144. The first-order valence-electron chi connectivity index (χ1n) is 6.98. The molecule has 1 heterocycles. The molecule has 7 heteroatoms. The number of nitrogens with two attached hydrogens (primary N) is 2. The summed E-state index contributed by atoms with van der Waals surface area (Å²) in [4.78, 5) is 11.4. The summed E-state index contributed by atoms with van der Waals surface area (Å²) < 4.78 is 5.28. The Morgan fingerprint density at radius 3 is 2.78 bits per heavy atom. The molecule has 2 aromatic carbocycles. The first-order valence-corrected chi connectivity index (χ1v) is 6.98. The Kier molecular flexibility index (Phi) is 3.63. The van der Waals surface area contributed by atoms with E-state index in [2.05, 4.69) is 10.2 Å². The van der Waals surface area contributed by atoms with Crippen LogP contribution >= 0.6 is 0 Å². The summed E-state index contributed by atoms with van der Waals surface area (Å²) in [6.45, 7) is 1.50. The number of aromatic amines is 1. The normalized spacial score (nSPS) is 12.3. The molecule has 1 atom stereocenters. The van der Waals surface area contributed by atoms with E-state index < -0.39 is 12.2 Å². The predicted octanol–water partition coefficient (Wildman–Crippen LogP) is 1.63. The third kappa shape index (κ3) is 2.82. The van der Waals surface area contributed by atoms with E-state index in [0.29, 0.717) is 22.7 Å². The van der Waals surface area contributed by atoms with Gasteiger partial charge in [-0.1, -0.05) is 6.07 Å². The van der Waals surface area contributed by atoms with E-state index in [0.717, 1.165) is 16.5 Å². The van der Waals surface area contributed by atoms with E-state index in [4.69, 9.17) is 16.2 Å². The molecule has 0 spiro atoms. The maximum atomic E-state index is 11.4. The molecule has 1 aromatic heterocycles. The average Bonchev–Trinajstić information content (AvgIpc) is 2.92. The largest absolute Gasteiger partial charge is 0.463 e. The summed E-state index contributed by atoms with van der Waals surface area (Å²) in [6, 6.07) is 10.2. The number of carbonyl (C=O) groups excluding carboxylic acids is 1. The third-order valence-corrected chi connectivity index (χ3v) is 3.43. The van der Waals surface area contributed by atoms with E-state index in [9.17, 15) is 9.90 Å². The zero-order valence-electron chi connectivity index (χ0n) is 12.4. The number of anilines is 1. The van der Waals surface area contributed by atoms with Crippen molar-refractivity contribution in [2.75, 3.05) is 5.73 Å². The Labute approximate surface area is 131 Å². The fraction of sp³-hybridized carbons (Fsp3) is 0.125. The van der Waals surface area contributed by atoms with Crippen LogP contribution in [-0.4, -0.2) is 27.5 Å². The molecular formula is C16H16N4O3. The SMILES string of the molecule is CC(O)Oc1cc(-c2n[nH]c3ccc(C(N)=O)cc23)ccc1N. The number of hydrogen-bond donors (Lipinski definition) is 4. The molecule has 6 N–H and O–H groups in total. The van der Waals surface area contributed by atoms with Gasteiger partial charge >= 0.3 is 0 Å². The van der Waals surface area contributed by atoms with Crippen molar-refractivity contribution in [3.05, 3.63) is 42.0 Å². The summed E-state index contributed by atoms with van der Waals surface area (Å²) in [6.07, 6.45) is -0.982. The quantitative estimate of drug-likeness (QED) is 0.430. The second-order valence-electron chi connectivity index (χ2n) is 5.17. The summed E-state index contributed by atoms with van der Waals surface area (Å²) >= 11 is 0. The minimum atomic E-state index is -0.982. The van der Waals surface area contributed by atoms with Crippen molar-refractivity contribution >= 4 is 22.5 Å². The number of benzene rings is 2. The highest BCUT2D eigenvalue weighted by Gasteiger charge is 2.13. The van der Waals surface area contributed by atoms with Crippen LogP contribution in [0.3, 0.4) is 0 Å². The molecule has 0 aliphatic carbocycles. The van der Waals surface area contributed by atoms with Crippen molar-refractivity contribution in [1.82, 2.24) is 10.2 Å². The van der Waals surface area contributed by atoms with E-state index >= 15 is 0 Å². The van der Waals surface area contributed by atoms with Crippen molar-refractivity contribution < 1.29 is 14.6 Å². The van der Waals surface area contributed by atoms with Crippen LogP contribution in [0.1, 0.15) is 17.3 Å². The molecule has 0 saturated carbocycles. The lowest BCUT2D eigenvalue weighted by molar-refractivity contribution is 0.000307. The van der Waals surface area contributed by atoms with Crippen molar-refractivity contribution in [1.29, 1.82) is 0 Å². The molecular weight excluding hydrogens is 296 g/mol. The number of nitrogens with one attached hydrogen (secondary N) is 1. The van der Waals surface area contributed by atoms with Crippen LogP contribution in [0.2, 0.25) is 0 Å². The molecule has 0 saturated heterocycles. The molecule has 7 nitrogen and oxygen atoms in total. The highest BCUT2D eigenvalue weighted by atomic mass is 16.6. The highest BCUT2D eigenvalue weighted by Crippen LogP contribution is 2.32. The smallest absolute Gasteiger partial charge is 0.248 e. The fourth-order valence-electron chi connectivity index (χ4n) is 2.35. The van der Waals surface area contributed by atoms with Crippen molar-refractivity contribution in [3.8, 4) is 17.0 Å². The van der Waals surface area contributed by atoms with Crippen LogP contribution in [0.15, 0.2) is 36.4 Å². The van der Waals surface area contributed by atoms with E-state index in [-0.39, 0.29) is 0 Å². The van der Waals surface area contributed by atoms with Gasteiger partial charge in [0, 0.05) is 16.5 Å². The maximum absolute atomic E-state index is 11.4. The molecule has 0 aliphatic heterocycles. The van der Waals surface area contributed by atoms with Crippen LogP contribution in [-0.2, 0) is 0 Å². The molecule has 3 rings (SSSR count). The van der Waals surface area contributed by atoms with Crippen LogP contribution in [0.25, 0.3) is 22.2 Å². The Hall–Kier alpha value is -3.06. The first-order chi connectivity index (χ1) is 11.0.